The molecule has 0 atom stereocenters. The van der Waals surface area contributed by atoms with Crippen molar-refractivity contribution >= 4 is 0 Å². The number of hydrogen-bond acceptors (Lipinski definition) is 3. The van der Waals surface area contributed by atoms with Crippen molar-refractivity contribution in [3.63, 3.8) is 0 Å². The molecule has 2 N–H and O–H groups in total. The smallest absolute Gasteiger partial charge is 0.167 e. The van der Waals surface area contributed by atoms with Crippen LogP contribution >= 0.6 is 0 Å². The van der Waals surface area contributed by atoms with Gasteiger partial charge in [-0.15, -0.1) is 0 Å². The van der Waals surface area contributed by atoms with Gasteiger partial charge in [-0.25, -0.2) is 14.3 Å². The maximum atomic E-state index is 12.9. The average Bonchev–Trinajstić information content (AvgIpc) is 2.10. The van der Waals surface area contributed by atoms with Crippen molar-refractivity contribution in [2.75, 3.05) is 7.11 Å². The highest BCUT2D eigenvalue weighted by Crippen LogP contribution is 2.20. The third-order valence-electron chi connectivity index (χ3n) is 1.59. The van der Waals surface area contributed by atoms with Crippen LogP contribution in [0.25, 0.3) is 0 Å². The fourth-order valence-electron chi connectivity index (χ4n) is 0.948. The Morgan fingerprint density at radius 2 is 2.08 bits per heavy atom. The van der Waals surface area contributed by atoms with Crippen LogP contribution in [-0.4, -0.2) is 12.3 Å². The largest absolute Gasteiger partial charge is 0.494 e. The molecule has 0 fully saturated rings. The Kier molecular flexibility index (Phi) is 3.16. The fraction of sp³-hybridized carbons (Fsp3) is 0.250. The van der Waals surface area contributed by atoms with E-state index in [-0.39, 0.29) is 17.9 Å². The second-order valence-corrected chi connectivity index (χ2v) is 2.41. The summed E-state index contributed by atoms with van der Waals surface area (Å²) in [6.45, 7) is -0.0948. The second kappa shape index (κ2) is 4.15. The van der Waals surface area contributed by atoms with Crippen LogP contribution in [0.5, 0.6) is 5.75 Å². The Morgan fingerprint density at radius 1 is 1.38 bits per heavy atom. The summed E-state index contributed by atoms with van der Waals surface area (Å²) >= 11 is 0. The molecule has 0 heterocycles. The third-order valence-corrected chi connectivity index (χ3v) is 1.59. The van der Waals surface area contributed by atoms with Gasteiger partial charge in [0, 0.05) is 18.2 Å². The van der Waals surface area contributed by atoms with Gasteiger partial charge in [0.2, 0.25) is 0 Å². The van der Waals surface area contributed by atoms with Gasteiger partial charge in [-0.05, 0) is 6.07 Å². The molecule has 13 heavy (non-hydrogen) atoms. The maximum absolute atomic E-state index is 12.9. The number of halogens is 2. The molecule has 0 aliphatic rings. The number of benzene rings is 1. The van der Waals surface area contributed by atoms with Gasteiger partial charge >= 0.3 is 0 Å². The first kappa shape index (κ1) is 9.88. The van der Waals surface area contributed by atoms with Crippen molar-refractivity contribution in [1.29, 1.82) is 0 Å². The Balaban J connectivity index is 3.06. The van der Waals surface area contributed by atoms with Gasteiger partial charge in [-0.2, -0.15) is 0 Å². The summed E-state index contributed by atoms with van der Waals surface area (Å²) in [5.74, 6) is -1.53. The number of methoxy groups -OCH3 is 1. The van der Waals surface area contributed by atoms with Crippen molar-refractivity contribution in [1.82, 2.24) is 5.48 Å². The quantitative estimate of drug-likeness (QED) is 0.707. The molecule has 0 radical (unpaired) electrons. The molecule has 0 saturated heterocycles. The Bertz CT molecular complexity index is 304. The van der Waals surface area contributed by atoms with Crippen LogP contribution in [0.15, 0.2) is 12.1 Å². The van der Waals surface area contributed by atoms with E-state index in [1.807, 2.05) is 0 Å². The molecule has 5 heteroatoms. The van der Waals surface area contributed by atoms with Gasteiger partial charge in [0.05, 0.1) is 7.11 Å². The molecule has 0 aliphatic heterocycles. The van der Waals surface area contributed by atoms with E-state index in [4.69, 9.17) is 5.21 Å². The summed E-state index contributed by atoms with van der Waals surface area (Å²) < 4.78 is 30.4. The van der Waals surface area contributed by atoms with Crippen molar-refractivity contribution in [2.24, 2.45) is 0 Å². The molecule has 0 unspecified atom stereocenters. The number of rotatable bonds is 3. The van der Waals surface area contributed by atoms with Crippen molar-refractivity contribution < 1.29 is 18.7 Å². The summed E-state index contributed by atoms with van der Waals surface area (Å²) in [6.07, 6.45) is 0. The highest BCUT2D eigenvalue weighted by atomic mass is 19.1. The Morgan fingerprint density at radius 3 is 2.62 bits per heavy atom. The average molecular weight is 189 g/mol. The molecule has 0 aromatic heterocycles. The molecule has 1 aromatic carbocycles. The van der Waals surface area contributed by atoms with Crippen LogP contribution in [-0.2, 0) is 6.54 Å². The minimum Gasteiger partial charge on any atom is -0.494 e. The monoisotopic (exact) mass is 189 g/mol. The summed E-state index contributed by atoms with van der Waals surface area (Å²) in [6, 6.07) is 1.90. The molecule has 0 spiro atoms. The van der Waals surface area contributed by atoms with Crippen LogP contribution < -0.4 is 10.2 Å². The van der Waals surface area contributed by atoms with Crippen LogP contribution in [0.3, 0.4) is 0 Å². The maximum Gasteiger partial charge on any atom is 0.167 e. The number of hydroxylamine groups is 1. The topological polar surface area (TPSA) is 41.5 Å². The molecule has 0 bridgehead atoms. The van der Waals surface area contributed by atoms with Crippen LogP contribution in [0.1, 0.15) is 5.56 Å². The molecule has 3 nitrogen and oxygen atoms in total. The zero-order valence-electron chi connectivity index (χ0n) is 6.97. The van der Waals surface area contributed by atoms with Crippen molar-refractivity contribution in [2.45, 2.75) is 6.54 Å². The van der Waals surface area contributed by atoms with E-state index in [9.17, 15) is 8.78 Å². The van der Waals surface area contributed by atoms with Crippen molar-refractivity contribution in [3.05, 3.63) is 29.3 Å². The SMILES string of the molecule is COc1cc(CNO)c(F)cc1F. The first-order chi connectivity index (χ1) is 6.19. The number of hydrogen-bond donors (Lipinski definition) is 2. The summed E-state index contributed by atoms with van der Waals surface area (Å²) in [5.41, 5.74) is 1.92. The first-order valence-corrected chi connectivity index (χ1v) is 3.58. The first-order valence-electron chi connectivity index (χ1n) is 3.58. The molecule has 0 aliphatic carbocycles. The van der Waals surface area contributed by atoms with Crippen LogP contribution in [0.2, 0.25) is 0 Å². The molecule has 0 saturated carbocycles. The Hall–Kier alpha value is -1.20. The number of ether oxygens (including phenoxy) is 1. The van der Waals surface area contributed by atoms with E-state index in [2.05, 4.69) is 4.74 Å². The zero-order chi connectivity index (χ0) is 9.84. The fourth-order valence-corrected chi connectivity index (χ4v) is 0.948. The third kappa shape index (κ3) is 2.13. The van der Waals surface area contributed by atoms with Crippen LogP contribution in [0, 0.1) is 11.6 Å². The van der Waals surface area contributed by atoms with Gasteiger partial charge in [0.25, 0.3) is 0 Å². The van der Waals surface area contributed by atoms with Gasteiger partial charge in [-0.3, -0.25) is 0 Å². The van der Waals surface area contributed by atoms with E-state index in [1.54, 1.807) is 5.48 Å². The lowest BCUT2D eigenvalue weighted by Gasteiger charge is -2.06. The minimum atomic E-state index is -0.762. The molecule has 1 aromatic rings. The van der Waals surface area contributed by atoms with Gasteiger partial charge in [-0.1, -0.05) is 0 Å². The second-order valence-electron chi connectivity index (χ2n) is 2.41. The van der Waals surface area contributed by atoms with Crippen molar-refractivity contribution in [3.8, 4) is 5.75 Å². The predicted octanol–water partition coefficient (Wildman–Crippen LogP) is 1.45. The lowest BCUT2D eigenvalue weighted by atomic mass is 10.2. The van der Waals surface area contributed by atoms with E-state index < -0.39 is 11.6 Å². The molecule has 1 rings (SSSR count). The summed E-state index contributed by atoms with van der Waals surface area (Å²) in [7, 11) is 1.28. The van der Waals surface area contributed by atoms with Gasteiger partial charge in [0.15, 0.2) is 11.6 Å². The summed E-state index contributed by atoms with van der Waals surface area (Å²) in [4.78, 5) is 0. The highest BCUT2D eigenvalue weighted by Gasteiger charge is 2.09. The molecular weight excluding hydrogens is 180 g/mol. The lowest BCUT2D eigenvalue weighted by molar-refractivity contribution is 0.160. The van der Waals surface area contributed by atoms with E-state index >= 15 is 0 Å². The lowest BCUT2D eigenvalue weighted by Crippen LogP contribution is -2.08. The normalized spacial score (nSPS) is 10.2. The van der Waals surface area contributed by atoms with E-state index in [0.29, 0.717) is 6.07 Å². The van der Waals surface area contributed by atoms with E-state index in [0.717, 1.165) is 0 Å². The van der Waals surface area contributed by atoms with E-state index in [1.165, 1.54) is 13.2 Å². The standard InChI is InChI=1S/C8H9F2NO2/c1-13-8-2-5(4-11-12)6(9)3-7(8)10/h2-3,11-12H,4H2,1H3. The summed E-state index contributed by atoms with van der Waals surface area (Å²) in [5, 5.41) is 8.33. The number of nitrogens with one attached hydrogen (secondary N) is 1. The highest BCUT2D eigenvalue weighted by molar-refractivity contribution is 5.31. The molecule has 72 valence electrons. The molecular formula is C8H9F2NO2. The Labute approximate surface area is 73.9 Å². The molecule has 0 amide bonds. The predicted molar refractivity (Wildman–Crippen MR) is 41.5 cm³/mol. The van der Waals surface area contributed by atoms with Gasteiger partial charge < -0.3 is 9.94 Å². The van der Waals surface area contributed by atoms with Gasteiger partial charge in [0.1, 0.15) is 5.82 Å². The zero-order valence-corrected chi connectivity index (χ0v) is 6.97. The van der Waals surface area contributed by atoms with Crippen LogP contribution in [0.4, 0.5) is 8.78 Å². The minimum absolute atomic E-state index is 0.0494.